The standard InChI is InChI=1S/C66H53NS/c1-44-40-50(48-18-14-19-49(42-48)51-31-30-45-16-8-9-17-47(45)41-51)34-38-62(44)67(55-37-39-64-59(43-55)57-24-11-13-29-63(57)68-64)54-35-32-46(33-36-54)56-26-15-28-61-65(56)58-25-10-12-27-60(58)66(61,52-20-4-2-5-21-52)53-22-6-3-7-23-53/h2-12,15-17,19-25,27-28,30-44,56,62H,13-14,18,26,29H2,1H3. The summed E-state index contributed by atoms with van der Waals surface area (Å²) >= 11 is 1.97. The molecule has 0 saturated carbocycles. The van der Waals surface area contributed by atoms with Crippen molar-refractivity contribution in [2.24, 2.45) is 5.92 Å². The molecule has 7 aromatic carbocycles. The van der Waals surface area contributed by atoms with E-state index in [1.54, 1.807) is 0 Å². The van der Waals surface area contributed by atoms with Crippen molar-refractivity contribution in [3.8, 4) is 0 Å². The van der Waals surface area contributed by atoms with Gasteiger partial charge in [0, 0.05) is 32.3 Å². The van der Waals surface area contributed by atoms with Crippen molar-refractivity contribution >= 4 is 60.8 Å². The van der Waals surface area contributed by atoms with Crippen molar-refractivity contribution in [2.45, 2.75) is 56.4 Å². The number of anilines is 2. The van der Waals surface area contributed by atoms with E-state index in [1.165, 1.54) is 104 Å². The zero-order valence-corrected chi connectivity index (χ0v) is 39.3. The molecular weight excluding hydrogens is 839 g/mol. The zero-order valence-electron chi connectivity index (χ0n) is 38.5. The fraction of sp³-hybridized carbons (Fsp3) is 0.152. The largest absolute Gasteiger partial charge is 0.334 e. The molecule has 1 aromatic heterocycles. The molecule has 68 heavy (non-hydrogen) atoms. The SMILES string of the molecule is CC1C=C(C2=CC(c3ccc4ccccc4c3)=CCC2)C=CC1N(c1ccc(C2CC=CC3=C2c2ccccc2C3(c2ccccc2)c2ccccc2)cc1)c1ccc2sc3c(c2c1)C=CCC3. The topological polar surface area (TPSA) is 3.24 Å². The van der Waals surface area contributed by atoms with Crippen LogP contribution in [0.15, 0.2) is 235 Å². The molecule has 1 heterocycles. The number of nitrogens with zero attached hydrogens (tertiary/aromatic N) is 1. The smallest absolute Gasteiger partial charge is 0.0710 e. The Morgan fingerprint density at radius 3 is 2.18 bits per heavy atom. The second-order valence-corrected chi connectivity index (χ2v) is 20.5. The first-order valence-electron chi connectivity index (χ1n) is 24.7. The van der Waals surface area contributed by atoms with Crippen LogP contribution in [0.3, 0.4) is 0 Å². The Hall–Kier alpha value is -7.26. The van der Waals surface area contributed by atoms with Crippen LogP contribution in [0.1, 0.15) is 82.3 Å². The van der Waals surface area contributed by atoms with Crippen molar-refractivity contribution in [1.82, 2.24) is 0 Å². The second kappa shape index (κ2) is 16.8. The summed E-state index contributed by atoms with van der Waals surface area (Å²) in [4.78, 5) is 4.13. The quantitative estimate of drug-likeness (QED) is 0.147. The van der Waals surface area contributed by atoms with Crippen LogP contribution in [0.25, 0.3) is 38.1 Å². The van der Waals surface area contributed by atoms with E-state index in [9.17, 15) is 0 Å². The molecule has 0 bridgehead atoms. The van der Waals surface area contributed by atoms with Gasteiger partial charge >= 0.3 is 0 Å². The summed E-state index contributed by atoms with van der Waals surface area (Å²) in [6, 6.07) is 64.2. The minimum Gasteiger partial charge on any atom is -0.334 e. The van der Waals surface area contributed by atoms with Gasteiger partial charge in [-0.25, -0.2) is 0 Å². The normalized spacial score (nSPS) is 20.1. The predicted molar refractivity (Wildman–Crippen MR) is 290 cm³/mol. The Balaban J connectivity index is 0.881. The van der Waals surface area contributed by atoms with Crippen LogP contribution in [0.2, 0.25) is 0 Å². The first kappa shape index (κ1) is 41.0. The number of hydrogen-bond donors (Lipinski definition) is 0. The summed E-state index contributed by atoms with van der Waals surface area (Å²) in [5, 5.41) is 3.95. The van der Waals surface area contributed by atoms with Crippen LogP contribution >= 0.6 is 11.3 Å². The van der Waals surface area contributed by atoms with Gasteiger partial charge in [-0.15, -0.1) is 11.3 Å². The summed E-state index contributed by atoms with van der Waals surface area (Å²) in [7, 11) is 0. The average molecular weight is 892 g/mol. The Kier molecular flexibility index (Phi) is 10.1. The van der Waals surface area contributed by atoms with Crippen LogP contribution in [-0.2, 0) is 11.8 Å². The molecule has 328 valence electrons. The number of benzene rings is 7. The van der Waals surface area contributed by atoms with Crippen molar-refractivity contribution in [3.63, 3.8) is 0 Å². The number of aryl methyl sites for hydroxylation is 1. The Bertz CT molecular complexity index is 3460. The van der Waals surface area contributed by atoms with E-state index in [0.717, 1.165) is 32.1 Å². The molecule has 0 N–H and O–H groups in total. The molecule has 5 aliphatic carbocycles. The van der Waals surface area contributed by atoms with Crippen molar-refractivity contribution in [1.29, 1.82) is 0 Å². The second-order valence-electron chi connectivity index (χ2n) is 19.3. The van der Waals surface area contributed by atoms with Crippen LogP contribution in [0.5, 0.6) is 0 Å². The molecule has 8 aromatic rings. The lowest BCUT2D eigenvalue weighted by Crippen LogP contribution is -2.35. The van der Waals surface area contributed by atoms with Crippen LogP contribution in [0.4, 0.5) is 11.4 Å². The summed E-state index contributed by atoms with van der Waals surface area (Å²) in [6.45, 7) is 2.42. The highest BCUT2D eigenvalue weighted by atomic mass is 32.1. The highest BCUT2D eigenvalue weighted by Gasteiger charge is 2.49. The maximum absolute atomic E-state index is 2.62. The van der Waals surface area contributed by atoms with Gasteiger partial charge in [-0.05, 0) is 152 Å². The minimum absolute atomic E-state index is 0.137. The summed E-state index contributed by atoms with van der Waals surface area (Å²) in [5.41, 5.74) is 18.5. The van der Waals surface area contributed by atoms with E-state index >= 15 is 0 Å². The van der Waals surface area contributed by atoms with Crippen molar-refractivity contribution in [3.05, 3.63) is 279 Å². The van der Waals surface area contributed by atoms with Crippen LogP contribution in [0, 0.1) is 5.92 Å². The van der Waals surface area contributed by atoms with Gasteiger partial charge in [0.15, 0.2) is 0 Å². The van der Waals surface area contributed by atoms with Crippen LogP contribution in [-0.4, -0.2) is 6.04 Å². The van der Waals surface area contributed by atoms with Gasteiger partial charge < -0.3 is 4.90 Å². The molecular formula is C66H53NS. The van der Waals surface area contributed by atoms with E-state index in [4.69, 9.17) is 0 Å². The highest BCUT2D eigenvalue weighted by molar-refractivity contribution is 7.19. The molecule has 0 radical (unpaired) electrons. The summed E-state index contributed by atoms with van der Waals surface area (Å²) < 4.78 is 1.38. The molecule has 3 atom stereocenters. The third-order valence-electron chi connectivity index (χ3n) is 15.5. The van der Waals surface area contributed by atoms with Crippen LogP contribution < -0.4 is 4.90 Å². The Morgan fingerprint density at radius 2 is 1.37 bits per heavy atom. The van der Waals surface area contributed by atoms with E-state index in [0.29, 0.717) is 0 Å². The molecule has 5 aliphatic rings. The van der Waals surface area contributed by atoms with Gasteiger partial charge in [-0.1, -0.05) is 195 Å². The van der Waals surface area contributed by atoms with Gasteiger partial charge in [0.2, 0.25) is 0 Å². The Morgan fingerprint density at radius 1 is 0.618 bits per heavy atom. The lowest BCUT2D eigenvalue weighted by molar-refractivity contribution is 0.605. The summed E-state index contributed by atoms with van der Waals surface area (Å²) in [5.74, 6) is 0.498. The van der Waals surface area contributed by atoms with Gasteiger partial charge in [0.1, 0.15) is 0 Å². The molecule has 13 rings (SSSR count). The molecule has 0 fully saturated rings. The van der Waals surface area contributed by atoms with Gasteiger partial charge in [0.05, 0.1) is 11.5 Å². The molecule has 2 heteroatoms. The minimum atomic E-state index is -0.396. The van der Waals surface area contributed by atoms with Gasteiger partial charge in [0.25, 0.3) is 0 Å². The molecule has 0 spiro atoms. The van der Waals surface area contributed by atoms with Crippen molar-refractivity contribution in [2.75, 3.05) is 4.90 Å². The number of rotatable bonds is 8. The molecule has 0 aliphatic heterocycles. The molecule has 0 amide bonds. The fourth-order valence-corrected chi connectivity index (χ4v) is 13.5. The van der Waals surface area contributed by atoms with E-state index in [2.05, 4.69) is 236 Å². The maximum atomic E-state index is 2.62. The third-order valence-corrected chi connectivity index (χ3v) is 16.8. The first-order valence-corrected chi connectivity index (χ1v) is 25.5. The van der Waals surface area contributed by atoms with Gasteiger partial charge in [-0.2, -0.15) is 0 Å². The number of allylic oxidation sites excluding steroid dienone is 11. The lowest BCUT2D eigenvalue weighted by atomic mass is 9.66. The first-order chi connectivity index (χ1) is 33.6. The number of fused-ring (bicyclic) bond motifs is 6. The van der Waals surface area contributed by atoms with E-state index in [-0.39, 0.29) is 17.9 Å². The molecule has 3 unspecified atom stereocenters. The van der Waals surface area contributed by atoms with E-state index < -0.39 is 5.41 Å². The molecule has 1 nitrogen and oxygen atoms in total. The van der Waals surface area contributed by atoms with Gasteiger partial charge in [-0.3, -0.25) is 0 Å². The lowest BCUT2D eigenvalue weighted by Gasteiger charge is -2.37. The number of thiophene rings is 1. The predicted octanol–water partition coefficient (Wildman–Crippen LogP) is 17.3. The Labute approximate surface area is 404 Å². The number of hydrogen-bond acceptors (Lipinski definition) is 2. The maximum Gasteiger partial charge on any atom is 0.0710 e. The molecule has 0 saturated heterocycles. The summed E-state index contributed by atoms with van der Waals surface area (Å²) in [6.07, 6.45) is 27.2. The fourth-order valence-electron chi connectivity index (χ4n) is 12.3. The highest BCUT2D eigenvalue weighted by Crippen LogP contribution is 2.60. The zero-order chi connectivity index (χ0) is 45.2. The average Bonchev–Trinajstić information content (AvgIpc) is 3.93. The monoisotopic (exact) mass is 891 g/mol. The third kappa shape index (κ3) is 6.72. The van der Waals surface area contributed by atoms with Crippen molar-refractivity contribution < 1.29 is 0 Å². The van der Waals surface area contributed by atoms with E-state index in [1.807, 2.05) is 11.3 Å².